The Morgan fingerprint density at radius 1 is 0.306 bits per heavy atom. The quantitative estimate of drug-likeness (QED) is 0.162. The van der Waals surface area contributed by atoms with Crippen LogP contribution < -0.4 is 4.90 Å². The monoisotopic (exact) mass is 793 g/mol. The topological polar surface area (TPSA) is 3.24 Å². The van der Waals surface area contributed by atoms with E-state index in [1.165, 1.54) is 94.7 Å². The van der Waals surface area contributed by atoms with Gasteiger partial charge in [-0.05, 0) is 108 Å². The van der Waals surface area contributed by atoms with E-state index in [2.05, 4.69) is 245 Å². The predicted octanol–water partition coefficient (Wildman–Crippen LogP) is 15.8. The summed E-state index contributed by atoms with van der Waals surface area (Å²) in [5.41, 5.74) is 23.4. The average Bonchev–Trinajstić information content (AvgIpc) is 3.84. The molecule has 12 rings (SSSR count). The predicted molar refractivity (Wildman–Crippen MR) is 259 cm³/mol. The zero-order valence-electron chi connectivity index (χ0n) is 35.7. The molecule has 62 heavy (non-hydrogen) atoms. The van der Waals surface area contributed by atoms with Gasteiger partial charge in [-0.25, -0.2) is 0 Å². The van der Waals surface area contributed by atoms with E-state index in [1.807, 2.05) is 0 Å². The number of hydrogen-bond donors (Lipinski definition) is 0. The van der Waals surface area contributed by atoms with Crippen LogP contribution in [0.5, 0.6) is 0 Å². The molecular weight excluding hydrogens is 747 g/mol. The summed E-state index contributed by atoms with van der Waals surface area (Å²) < 4.78 is 0. The van der Waals surface area contributed by atoms with Crippen molar-refractivity contribution in [3.8, 4) is 44.5 Å². The standard InChI is InChI=1S/C61H47N/c1-59(2)50-31-19-17-29-46(50)47-36-34-45(38-53(47)59)62(44-27-15-8-16-28-44)58-56-49-35-33-41(40-21-9-5-10-22-40)37-52(49)60(3,4)54(56)39-55-57(58)48-30-18-20-32-51(48)61(55,42-23-11-6-12-24-42)43-25-13-7-14-26-43/h5-39H,1-4H3. The normalized spacial score (nSPS) is 15.2. The van der Waals surface area contributed by atoms with E-state index in [-0.39, 0.29) is 10.8 Å². The van der Waals surface area contributed by atoms with Crippen LogP contribution in [0.4, 0.5) is 17.1 Å². The Morgan fingerprint density at radius 3 is 1.47 bits per heavy atom. The molecule has 1 nitrogen and oxygen atoms in total. The summed E-state index contributed by atoms with van der Waals surface area (Å²) in [4.78, 5) is 2.61. The maximum absolute atomic E-state index is 2.61. The van der Waals surface area contributed by atoms with Crippen LogP contribution in [-0.4, -0.2) is 0 Å². The Kier molecular flexibility index (Phi) is 7.91. The largest absolute Gasteiger partial charge is 0.309 e. The molecule has 3 aliphatic rings. The number of fused-ring (bicyclic) bond motifs is 9. The van der Waals surface area contributed by atoms with Crippen molar-refractivity contribution in [1.82, 2.24) is 0 Å². The fourth-order valence-corrected chi connectivity index (χ4v) is 11.6. The summed E-state index contributed by atoms with van der Waals surface area (Å²) in [7, 11) is 0. The fraction of sp³-hybridized carbons (Fsp3) is 0.115. The summed E-state index contributed by atoms with van der Waals surface area (Å²) in [6, 6.07) is 79.7. The zero-order valence-corrected chi connectivity index (χ0v) is 35.7. The van der Waals surface area contributed by atoms with Crippen LogP contribution in [0.3, 0.4) is 0 Å². The minimum absolute atomic E-state index is 0.157. The molecule has 0 heterocycles. The van der Waals surface area contributed by atoms with Crippen molar-refractivity contribution < 1.29 is 0 Å². The van der Waals surface area contributed by atoms with E-state index in [0.717, 1.165) is 11.4 Å². The van der Waals surface area contributed by atoms with E-state index in [1.54, 1.807) is 0 Å². The highest BCUT2D eigenvalue weighted by Crippen LogP contribution is 2.65. The molecule has 0 amide bonds. The maximum Gasteiger partial charge on any atom is 0.0714 e. The molecule has 3 aliphatic carbocycles. The first-order valence-electron chi connectivity index (χ1n) is 22.0. The highest BCUT2D eigenvalue weighted by molar-refractivity contribution is 6.07. The molecule has 0 radical (unpaired) electrons. The molecule has 0 fully saturated rings. The van der Waals surface area contributed by atoms with Crippen molar-refractivity contribution in [1.29, 1.82) is 0 Å². The molecule has 0 aliphatic heterocycles. The Hall–Kier alpha value is -7.22. The third-order valence-corrected chi connectivity index (χ3v) is 14.5. The average molecular weight is 794 g/mol. The van der Waals surface area contributed by atoms with Gasteiger partial charge >= 0.3 is 0 Å². The van der Waals surface area contributed by atoms with Gasteiger partial charge in [-0.1, -0.05) is 210 Å². The van der Waals surface area contributed by atoms with E-state index < -0.39 is 5.41 Å². The van der Waals surface area contributed by atoms with Gasteiger partial charge in [0.25, 0.3) is 0 Å². The third-order valence-electron chi connectivity index (χ3n) is 14.5. The molecule has 0 saturated heterocycles. The molecule has 0 aromatic heterocycles. The summed E-state index contributed by atoms with van der Waals surface area (Å²) in [6.45, 7) is 9.66. The SMILES string of the molecule is CC1(C)c2ccccc2-c2ccc(N(c3ccccc3)c3c4c(cc5c3-c3ccccc3C5(c3ccccc3)c3ccccc3)C(C)(C)c3cc(-c5ccccc5)ccc3-4)cc21. The lowest BCUT2D eigenvalue weighted by atomic mass is 9.66. The molecule has 1 heteroatoms. The van der Waals surface area contributed by atoms with Gasteiger partial charge in [-0.15, -0.1) is 0 Å². The Morgan fingerprint density at radius 2 is 0.790 bits per heavy atom. The molecule has 296 valence electrons. The molecule has 0 atom stereocenters. The van der Waals surface area contributed by atoms with Gasteiger partial charge in [0.15, 0.2) is 0 Å². The van der Waals surface area contributed by atoms with Gasteiger partial charge in [0.1, 0.15) is 0 Å². The first-order chi connectivity index (χ1) is 30.3. The van der Waals surface area contributed by atoms with Crippen LogP contribution in [-0.2, 0) is 16.2 Å². The van der Waals surface area contributed by atoms with E-state index in [9.17, 15) is 0 Å². The summed E-state index contributed by atoms with van der Waals surface area (Å²) >= 11 is 0. The lowest BCUT2D eigenvalue weighted by Crippen LogP contribution is -2.29. The molecule has 0 unspecified atom stereocenters. The van der Waals surface area contributed by atoms with E-state index in [0.29, 0.717) is 0 Å². The third kappa shape index (κ3) is 4.97. The molecule has 0 N–H and O–H groups in total. The highest BCUT2D eigenvalue weighted by Gasteiger charge is 2.51. The van der Waals surface area contributed by atoms with Crippen molar-refractivity contribution in [3.63, 3.8) is 0 Å². The van der Waals surface area contributed by atoms with Crippen LogP contribution >= 0.6 is 0 Å². The van der Waals surface area contributed by atoms with Crippen molar-refractivity contribution in [3.05, 3.63) is 257 Å². The van der Waals surface area contributed by atoms with E-state index in [4.69, 9.17) is 0 Å². The van der Waals surface area contributed by atoms with Crippen molar-refractivity contribution >= 4 is 17.1 Å². The number of nitrogens with zero attached hydrogens (tertiary/aromatic N) is 1. The molecule has 0 spiro atoms. The summed E-state index contributed by atoms with van der Waals surface area (Å²) in [5.74, 6) is 0. The number of anilines is 3. The Bertz CT molecular complexity index is 3170. The lowest BCUT2D eigenvalue weighted by Gasteiger charge is -2.36. The lowest BCUT2D eigenvalue weighted by molar-refractivity contribution is 0.656. The van der Waals surface area contributed by atoms with Gasteiger partial charge < -0.3 is 4.90 Å². The first kappa shape index (κ1) is 36.6. The number of hydrogen-bond acceptors (Lipinski definition) is 1. The second-order valence-corrected chi connectivity index (χ2v) is 18.4. The second kappa shape index (κ2) is 13.4. The molecule has 0 saturated carbocycles. The summed E-state index contributed by atoms with van der Waals surface area (Å²) in [6.07, 6.45) is 0. The van der Waals surface area contributed by atoms with Gasteiger partial charge in [-0.2, -0.15) is 0 Å². The Balaban J connectivity index is 1.24. The first-order valence-corrected chi connectivity index (χ1v) is 22.0. The van der Waals surface area contributed by atoms with E-state index >= 15 is 0 Å². The van der Waals surface area contributed by atoms with Gasteiger partial charge in [0, 0.05) is 33.3 Å². The van der Waals surface area contributed by atoms with Crippen LogP contribution in [0, 0.1) is 0 Å². The highest BCUT2D eigenvalue weighted by atomic mass is 15.1. The maximum atomic E-state index is 2.61. The van der Waals surface area contributed by atoms with Crippen LogP contribution in [0.25, 0.3) is 44.5 Å². The van der Waals surface area contributed by atoms with Crippen molar-refractivity contribution in [2.75, 3.05) is 4.90 Å². The van der Waals surface area contributed by atoms with Gasteiger partial charge in [-0.3, -0.25) is 0 Å². The molecule has 9 aromatic rings. The molecule has 0 bridgehead atoms. The minimum Gasteiger partial charge on any atom is -0.309 e. The zero-order chi connectivity index (χ0) is 41.8. The fourth-order valence-electron chi connectivity index (χ4n) is 11.6. The second-order valence-electron chi connectivity index (χ2n) is 18.4. The van der Waals surface area contributed by atoms with Gasteiger partial charge in [0.05, 0.1) is 11.1 Å². The smallest absolute Gasteiger partial charge is 0.0714 e. The number of para-hydroxylation sites is 1. The summed E-state index contributed by atoms with van der Waals surface area (Å²) in [5, 5.41) is 0. The van der Waals surface area contributed by atoms with Crippen molar-refractivity contribution in [2.45, 2.75) is 43.9 Å². The number of rotatable bonds is 6. The van der Waals surface area contributed by atoms with Crippen molar-refractivity contribution in [2.24, 2.45) is 0 Å². The van der Waals surface area contributed by atoms with Crippen LogP contribution in [0.2, 0.25) is 0 Å². The minimum atomic E-state index is -0.567. The Labute approximate surface area is 365 Å². The van der Waals surface area contributed by atoms with Gasteiger partial charge in [0.2, 0.25) is 0 Å². The molecular formula is C61H47N. The number of benzene rings is 9. The van der Waals surface area contributed by atoms with Crippen LogP contribution in [0.15, 0.2) is 212 Å². The molecule has 9 aromatic carbocycles. The van der Waals surface area contributed by atoms with Crippen LogP contribution in [0.1, 0.15) is 72.2 Å².